The number of phenolic OH excluding ortho intramolecular Hbond substituents is 1. The molecule has 4 aromatic rings. The minimum atomic E-state index is -0.474. The zero-order valence-corrected chi connectivity index (χ0v) is 13.9. The molecule has 0 saturated heterocycles. The van der Waals surface area contributed by atoms with Crippen molar-refractivity contribution in [2.75, 3.05) is 5.73 Å². The van der Waals surface area contributed by atoms with Crippen LogP contribution >= 0.6 is 0 Å². The second-order valence-electron chi connectivity index (χ2n) is 5.92. The van der Waals surface area contributed by atoms with Gasteiger partial charge in [-0.1, -0.05) is 30.3 Å². The molecule has 0 aliphatic carbocycles. The Morgan fingerprint density at radius 2 is 1.85 bits per heavy atom. The lowest BCUT2D eigenvalue weighted by Crippen LogP contribution is -2.01. The van der Waals surface area contributed by atoms with Crippen LogP contribution in [0.4, 0.5) is 5.95 Å². The van der Waals surface area contributed by atoms with Gasteiger partial charge in [0, 0.05) is 28.8 Å². The number of benzene rings is 2. The third-order valence-electron chi connectivity index (χ3n) is 4.27. The van der Waals surface area contributed by atoms with Crippen molar-refractivity contribution in [3.05, 3.63) is 70.7 Å². The topological polar surface area (TPSA) is 102 Å². The average molecular weight is 345 g/mol. The predicted octanol–water partition coefficient (Wildman–Crippen LogP) is 3.51. The fourth-order valence-electron chi connectivity index (χ4n) is 3.02. The van der Waals surface area contributed by atoms with Crippen molar-refractivity contribution in [3.8, 4) is 28.1 Å². The predicted molar refractivity (Wildman–Crippen MR) is 99.8 cm³/mol. The molecule has 0 amide bonds. The van der Waals surface area contributed by atoms with Crippen molar-refractivity contribution in [1.29, 1.82) is 0 Å². The highest BCUT2D eigenvalue weighted by molar-refractivity contribution is 5.99. The van der Waals surface area contributed by atoms with Gasteiger partial charge in [0.25, 0.3) is 0 Å². The number of rotatable bonds is 2. The number of phenols is 1. The number of nitrogen functional groups attached to an aromatic ring is 1. The molecular formula is C20H15N3O3. The Morgan fingerprint density at radius 1 is 1.08 bits per heavy atom. The summed E-state index contributed by atoms with van der Waals surface area (Å²) in [5.74, 6) is 0.103. The molecule has 2 aromatic heterocycles. The first-order valence-corrected chi connectivity index (χ1v) is 7.99. The molecule has 0 bridgehead atoms. The van der Waals surface area contributed by atoms with Gasteiger partial charge in [-0.2, -0.15) is 0 Å². The van der Waals surface area contributed by atoms with Crippen LogP contribution in [-0.2, 0) is 0 Å². The van der Waals surface area contributed by atoms with Crippen LogP contribution < -0.4 is 11.4 Å². The van der Waals surface area contributed by atoms with Crippen LogP contribution in [0.15, 0.2) is 63.9 Å². The Bertz CT molecular complexity index is 1180. The summed E-state index contributed by atoms with van der Waals surface area (Å²) < 4.78 is 5.38. The van der Waals surface area contributed by atoms with Crippen molar-refractivity contribution >= 4 is 16.9 Å². The van der Waals surface area contributed by atoms with Gasteiger partial charge >= 0.3 is 5.63 Å². The quantitative estimate of drug-likeness (QED) is 0.539. The maximum absolute atomic E-state index is 12.1. The maximum atomic E-state index is 12.1. The summed E-state index contributed by atoms with van der Waals surface area (Å²) in [6, 6.07) is 14.4. The van der Waals surface area contributed by atoms with Crippen molar-refractivity contribution in [1.82, 2.24) is 9.97 Å². The number of nitrogens with two attached hydrogens (primary N) is 1. The summed E-state index contributed by atoms with van der Waals surface area (Å²) in [5, 5.41) is 11.3. The fourth-order valence-corrected chi connectivity index (χ4v) is 3.02. The van der Waals surface area contributed by atoms with E-state index in [2.05, 4.69) is 9.97 Å². The van der Waals surface area contributed by atoms with Crippen LogP contribution in [0.25, 0.3) is 33.4 Å². The van der Waals surface area contributed by atoms with Crippen LogP contribution in [0.3, 0.4) is 0 Å². The first-order chi connectivity index (χ1) is 12.5. The molecule has 0 radical (unpaired) electrons. The highest BCUT2D eigenvalue weighted by Crippen LogP contribution is 2.39. The first-order valence-electron chi connectivity index (χ1n) is 7.99. The summed E-state index contributed by atoms with van der Waals surface area (Å²) in [5.41, 5.74) is 8.60. The molecule has 4 rings (SSSR count). The Labute approximate surface area is 148 Å². The summed E-state index contributed by atoms with van der Waals surface area (Å²) in [4.78, 5) is 20.1. The summed E-state index contributed by atoms with van der Waals surface area (Å²) >= 11 is 0. The largest absolute Gasteiger partial charge is 0.507 e. The molecule has 0 aliphatic rings. The van der Waals surface area contributed by atoms with Gasteiger partial charge in [0.05, 0.1) is 5.69 Å². The summed E-state index contributed by atoms with van der Waals surface area (Å²) in [6.45, 7) is 1.70. The maximum Gasteiger partial charge on any atom is 0.336 e. The van der Waals surface area contributed by atoms with E-state index >= 15 is 0 Å². The van der Waals surface area contributed by atoms with E-state index in [9.17, 15) is 9.90 Å². The lowest BCUT2D eigenvalue weighted by molar-refractivity contribution is 0.470. The van der Waals surface area contributed by atoms with Gasteiger partial charge in [-0.05, 0) is 30.2 Å². The van der Waals surface area contributed by atoms with E-state index in [4.69, 9.17) is 10.2 Å². The Morgan fingerprint density at radius 3 is 2.58 bits per heavy atom. The van der Waals surface area contributed by atoms with Crippen molar-refractivity contribution in [2.45, 2.75) is 6.92 Å². The van der Waals surface area contributed by atoms with Crippen molar-refractivity contribution < 1.29 is 9.52 Å². The number of fused-ring (bicyclic) bond motifs is 1. The minimum absolute atomic E-state index is 0.0102. The van der Waals surface area contributed by atoms with Crippen molar-refractivity contribution in [3.63, 3.8) is 0 Å². The van der Waals surface area contributed by atoms with E-state index in [0.717, 1.165) is 11.1 Å². The molecule has 2 heterocycles. The van der Waals surface area contributed by atoms with Gasteiger partial charge < -0.3 is 15.3 Å². The molecule has 0 aliphatic heterocycles. The van der Waals surface area contributed by atoms with Gasteiger partial charge in [0.15, 0.2) is 0 Å². The van der Waals surface area contributed by atoms with Gasteiger partial charge in [-0.15, -0.1) is 0 Å². The van der Waals surface area contributed by atoms with E-state index < -0.39 is 5.63 Å². The van der Waals surface area contributed by atoms with E-state index in [1.54, 1.807) is 19.1 Å². The number of anilines is 1. The minimum Gasteiger partial charge on any atom is -0.507 e. The lowest BCUT2D eigenvalue weighted by atomic mass is 9.96. The van der Waals surface area contributed by atoms with Crippen molar-refractivity contribution in [2.24, 2.45) is 0 Å². The average Bonchev–Trinajstić information content (AvgIpc) is 2.65. The molecule has 0 atom stereocenters. The molecular weight excluding hydrogens is 330 g/mol. The molecule has 3 N–H and O–H groups in total. The number of aromatic nitrogens is 2. The number of nitrogens with zero attached hydrogens (tertiary/aromatic N) is 2. The molecule has 0 fully saturated rings. The second-order valence-corrected chi connectivity index (χ2v) is 5.92. The third kappa shape index (κ3) is 2.57. The highest BCUT2D eigenvalue weighted by atomic mass is 16.4. The fraction of sp³-hybridized carbons (Fsp3) is 0.0500. The van der Waals surface area contributed by atoms with Crippen LogP contribution in [-0.4, -0.2) is 15.1 Å². The van der Waals surface area contributed by atoms with Gasteiger partial charge in [-0.3, -0.25) is 0 Å². The SMILES string of the molecule is Cc1c(O)c(-c2ccnc(N)n2)cc2c(-c3ccccc3)cc(=O)oc12. The molecule has 6 nitrogen and oxygen atoms in total. The molecule has 6 heteroatoms. The molecule has 26 heavy (non-hydrogen) atoms. The second kappa shape index (κ2) is 6.00. The molecule has 128 valence electrons. The van der Waals surface area contributed by atoms with E-state index in [0.29, 0.717) is 27.8 Å². The zero-order chi connectivity index (χ0) is 18.3. The van der Waals surface area contributed by atoms with E-state index in [-0.39, 0.29) is 11.7 Å². The van der Waals surface area contributed by atoms with E-state index in [1.165, 1.54) is 12.3 Å². The monoisotopic (exact) mass is 345 g/mol. The van der Waals surface area contributed by atoms with Gasteiger partial charge in [0.1, 0.15) is 11.3 Å². The van der Waals surface area contributed by atoms with Crippen LogP contribution in [0.2, 0.25) is 0 Å². The number of hydrogen-bond acceptors (Lipinski definition) is 6. The Kier molecular flexibility index (Phi) is 3.65. The Balaban J connectivity index is 2.10. The standard InChI is InChI=1S/C20H15N3O3/c1-11-18(25)15(16-7-8-22-20(21)23-16)9-14-13(10-17(24)26-19(11)14)12-5-3-2-4-6-12/h2-10,25H,1H3,(H2,21,22,23). The third-order valence-corrected chi connectivity index (χ3v) is 4.27. The molecule has 0 unspecified atom stereocenters. The number of aryl methyl sites for hydroxylation is 1. The lowest BCUT2D eigenvalue weighted by Gasteiger charge is -2.12. The Hall–Kier alpha value is -3.67. The molecule has 0 spiro atoms. The number of aromatic hydroxyl groups is 1. The summed E-state index contributed by atoms with van der Waals surface area (Å²) in [7, 11) is 0. The molecule has 0 saturated carbocycles. The first kappa shape index (κ1) is 15.8. The number of hydrogen-bond donors (Lipinski definition) is 2. The van der Waals surface area contributed by atoms with Crippen LogP contribution in [0.5, 0.6) is 5.75 Å². The normalized spacial score (nSPS) is 11.0. The van der Waals surface area contributed by atoms with Crippen LogP contribution in [0, 0.1) is 6.92 Å². The zero-order valence-electron chi connectivity index (χ0n) is 13.9. The van der Waals surface area contributed by atoms with Gasteiger partial charge in [0.2, 0.25) is 5.95 Å². The van der Waals surface area contributed by atoms with E-state index in [1.807, 2.05) is 30.3 Å². The smallest absolute Gasteiger partial charge is 0.336 e. The van der Waals surface area contributed by atoms with Crippen LogP contribution in [0.1, 0.15) is 5.56 Å². The summed E-state index contributed by atoms with van der Waals surface area (Å²) in [6.07, 6.45) is 1.53. The molecule has 2 aromatic carbocycles. The van der Waals surface area contributed by atoms with Gasteiger partial charge in [-0.25, -0.2) is 14.8 Å². The highest BCUT2D eigenvalue weighted by Gasteiger charge is 2.18.